The molecule has 1 heteroatoms. The van der Waals surface area contributed by atoms with Crippen molar-refractivity contribution in [3.8, 4) is 0 Å². The van der Waals surface area contributed by atoms with E-state index in [2.05, 4.69) is 12.2 Å². The number of ketones is 1. The number of allylic oxidation sites excluding steroid dienone is 4. The SMILES string of the molecule is O=C1C=CC2C=CCC1C2. The Bertz CT molecular complexity index is 213. The van der Waals surface area contributed by atoms with Gasteiger partial charge in [-0.3, -0.25) is 4.79 Å². The molecule has 2 aliphatic rings. The van der Waals surface area contributed by atoms with Crippen LogP contribution >= 0.6 is 0 Å². The molecule has 52 valence electrons. The second kappa shape index (κ2) is 2.08. The first-order valence-corrected chi connectivity index (χ1v) is 3.75. The third-order valence-electron chi connectivity index (χ3n) is 2.27. The maximum absolute atomic E-state index is 11.1. The molecule has 2 rings (SSSR count). The van der Waals surface area contributed by atoms with Gasteiger partial charge in [0.1, 0.15) is 0 Å². The fraction of sp³-hybridized carbons (Fsp3) is 0.444. The molecule has 2 aliphatic carbocycles. The van der Waals surface area contributed by atoms with Crippen LogP contribution in [0.1, 0.15) is 12.8 Å². The largest absolute Gasteiger partial charge is 0.295 e. The average Bonchev–Trinajstić information content (AvgIpc) is 1.99. The van der Waals surface area contributed by atoms with Gasteiger partial charge in [-0.1, -0.05) is 18.2 Å². The molecule has 0 saturated carbocycles. The van der Waals surface area contributed by atoms with Crippen molar-refractivity contribution in [2.75, 3.05) is 0 Å². The van der Waals surface area contributed by atoms with E-state index in [1.807, 2.05) is 6.08 Å². The molecule has 2 unspecified atom stereocenters. The molecule has 1 nitrogen and oxygen atoms in total. The zero-order valence-corrected chi connectivity index (χ0v) is 5.79. The summed E-state index contributed by atoms with van der Waals surface area (Å²) in [7, 11) is 0. The van der Waals surface area contributed by atoms with Crippen LogP contribution in [0, 0.1) is 11.8 Å². The molecular weight excluding hydrogens is 124 g/mol. The third-order valence-corrected chi connectivity index (χ3v) is 2.27. The van der Waals surface area contributed by atoms with E-state index in [1.165, 1.54) is 0 Å². The number of rotatable bonds is 0. The summed E-state index contributed by atoms with van der Waals surface area (Å²) < 4.78 is 0. The minimum Gasteiger partial charge on any atom is -0.295 e. The van der Waals surface area contributed by atoms with Gasteiger partial charge in [0.15, 0.2) is 5.78 Å². The van der Waals surface area contributed by atoms with E-state index in [-0.39, 0.29) is 0 Å². The molecule has 0 amide bonds. The van der Waals surface area contributed by atoms with Gasteiger partial charge in [-0.2, -0.15) is 0 Å². The number of carbonyl (C=O) groups excluding carboxylic acids is 1. The predicted molar refractivity (Wildman–Crippen MR) is 39.5 cm³/mol. The zero-order valence-electron chi connectivity index (χ0n) is 5.79. The van der Waals surface area contributed by atoms with Crippen LogP contribution in [-0.4, -0.2) is 5.78 Å². The Morgan fingerprint density at radius 2 is 2.30 bits per heavy atom. The molecule has 0 heterocycles. The topological polar surface area (TPSA) is 17.1 Å². The Morgan fingerprint density at radius 1 is 1.40 bits per heavy atom. The monoisotopic (exact) mass is 134 g/mol. The lowest BCUT2D eigenvalue weighted by Gasteiger charge is -2.24. The molecule has 2 atom stereocenters. The molecule has 0 fully saturated rings. The minimum atomic E-state index is 0.306. The lowest BCUT2D eigenvalue weighted by molar-refractivity contribution is -0.119. The molecular formula is C9H10O. The Labute approximate surface area is 60.4 Å². The van der Waals surface area contributed by atoms with Gasteiger partial charge in [-0.25, -0.2) is 0 Å². The van der Waals surface area contributed by atoms with Gasteiger partial charge in [0.25, 0.3) is 0 Å². The fourth-order valence-corrected chi connectivity index (χ4v) is 1.65. The van der Waals surface area contributed by atoms with E-state index in [9.17, 15) is 4.79 Å². The van der Waals surface area contributed by atoms with Gasteiger partial charge in [0, 0.05) is 5.92 Å². The minimum absolute atomic E-state index is 0.306. The first-order valence-electron chi connectivity index (χ1n) is 3.75. The van der Waals surface area contributed by atoms with E-state index in [0.717, 1.165) is 12.8 Å². The number of hydrogen-bond donors (Lipinski definition) is 0. The smallest absolute Gasteiger partial charge is 0.158 e. The van der Waals surface area contributed by atoms with E-state index in [1.54, 1.807) is 6.08 Å². The van der Waals surface area contributed by atoms with E-state index in [4.69, 9.17) is 0 Å². The fourth-order valence-electron chi connectivity index (χ4n) is 1.65. The number of carbonyl (C=O) groups is 1. The second-order valence-corrected chi connectivity index (χ2v) is 3.02. The van der Waals surface area contributed by atoms with Gasteiger partial charge in [0.05, 0.1) is 0 Å². The van der Waals surface area contributed by atoms with Crippen molar-refractivity contribution in [2.45, 2.75) is 12.8 Å². The summed E-state index contributed by atoms with van der Waals surface area (Å²) in [6, 6.07) is 0. The maximum atomic E-state index is 11.1. The van der Waals surface area contributed by atoms with Crippen molar-refractivity contribution in [3.63, 3.8) is 0 Å². The lowest BCUT2D eigenvalue weighted by atomic mass is 9.80. The predicted octanol–water partition coefficient (Wildman–Crippen LogP) is 1.71. The highest BCUT2D eigenvalue weighted by Gasteiger charge is 2.24. The van der Waals surface area contributed by atoms with Gasteiger partial charge < -0.3 is 0 Å². The second-order valence-electron chi connectivity index (χ2n) is 3.02. The first kappa shape index (κ1) is 5.90. The van der Waals surface area contributed by atoms with Crippen molar-refractivity contribution < 1.29 is 4.79 Å². The van der Waals surface area contributed by atoms with Gasteiger partial charge in [0.2, 0.25) is 0 Å². The molecule has 0 radical (unpaired) electrons. The summed E-state index contributed by atoms with van der Waals surface area (Å²) in [5.74, 6) is 1.18. The maximum Gasteiger partial charge on any atom is 0.158 e. The molecule has 0 aromatic carbocycles. The van der Waals surface area contributed by atoms with Crippen LogP contribution < -0.4 is 0 Å². The summed E-state index contributed by atoms with van der Waals surface area (Å²) in [5, 5.41) is 0. The molecule has 0 aliphatic heterocycles. The summed E-state index contributed by atoms with van der Waals surface area (Å²) in [4.78, 5) is 11.1. The molecule has 0 aromatic heterocycles. The van der Waals surface area contributed by atoms with Crippen molar-refractivity contribution in [3.05, 3.63) is 24.3 Å². The molecule has 0 saturated heterocycles. The van der Waals surface area contributed by atoms with Crippen LogP contribution in [-0.2, 0) is 4.79 Å². The van der Waals surface area contributed by atoms with Gasteiger partial charge in [-0.05, 0) is 24.8 Å². The van der Waals surface area contributed by atoms with Crippen molar-refractivity contribution >= 4 is 5.78 Å². The van der Waals surface area contributed by atoms with Crippen molar-refractivity contribution in [2.24, 2.45) is 11.8 Å². The average molecular weight is 134 g/mol. The zero-order chi connectivity index (χ0) is 6.97. The summed E-state index contributed by atoms with van der Waals surface area (Å²) in [5.41, 5.74) is 0. The molecule has 0 N–H and O–H groups in total. The third kappa shape index (κ3) is 0.821. The highest BCUT2D eigenvalue weighted by molar-refractivity contribution is 5.93. The summed E-state index contributed by atoms with van der Waals surface area (Å²) in [6.45, 7) is 0. The van der Waals surface area contributed by atoms with Gasteiger partial charge in [-0.15, -0.1) is 0 Å². The highest BCUT2D eigenvalue weighted by Crippen LogP contribution is 2.28. The van der Waals surface area contributed by atoms with Crippen molar-refractivity contribution in [1.82, 2.24) is 0 Å². The molecule has 0 spiro atoms. The van der Waals surface area contributed by atoms with Crippen LogP contribution in [0.5, 0.6) is 0 Å². The quantitative estimate of drug-likeness (QED) is 0.461. The number of hydrogen-bond acceptors (Lipinski definition) is 1. The Balaban J connectivity index is 2.30. The number of fused-ring (bicyclic) bond motifs is 2. The van der Waals surface area contributed by atoms with Gasteiger partial charge >= 0.3 is 0 Å². The van der Waals surface area contributed by atoms with E-state index >= 15 is 0 Å². The standard InChI is InChI=1S/C9H10O/c10-9-5-4-7-2-1-3-8(9)6-7/h1-2,4-5,7-8H,3,6H2. The highest BCUT2D eigenvalue weighted by atomic mass is 16.1. The summed E-state index contributed by atoms with van der Waals surface area (Å²) >= 11 is 0. The van der Waals surface area contributed by atoms with Crippen LogP contribution in [0.2, 0.25) is 0 Å². The Kier molecular flexibility index (Phi) is 1.23. The summed E-state index contributed by atoms with van der Waals surface area (Å²) in [6.07, 6.45) is 10.1. The lowest BCUT2D eigenvalue weighted by Crippen LogP contribution is -2.21. The molecule has 2 bridgehead atoms. The normalized spacial score (nSPS) is 36.6. The van der Waals surface area contributed by atoms with Crippen molar-refractivity contribution in [1.29, 1.82) is 0 Å². The Hall–Kier alpha value is -0.850. The van der Waals surface area contributed by atoms with Crippen LogP contribution in [0.4, 0.5) is 0 Å². The van der Waals surface area contributed by atoms with E-state index in [0.29, 0.717) is 17.6 Å². The first-order chi connectivity index (χ1) is 4.86. The molecule has 0 aromatic rings. The van der Waals surface area contributed by atoms with Crippen LogP contribution in [0.3, 0.4) is 0 Å². The molecule has 10 heavy (non-hydrogen) atoms. The van der Waals surface area contributed by atoms with Crippen LogP contribution in [0.25, 0.3) is 0 Å². The Morgan fingerprint density at radius 3 is 3.10 bits per heavy atom. The van der Waals surface area contributed by atoms with E-state index < -0.39 is 0 Å². The van der Waals surface area contributed by atoms with Crippen LogP contribution in [0.15, 0.2) is 24.3 Å².